The third-order valence-electron chi connectivity index (χ3n) is 10.3. The Kier molecular flexibility index (Phi) is 7.37. The summed E-state index contributed by atoms with van der Waals surface area (Å²) in [6, 6.07) is 0. The van der Waals surface area contributed by atoms with Gasteiger partial charge in [-0.2, -0.15) is 0 Å². The number of fused-ring (bicyclic) bond motifs is 2. The van der Waals surface area contributed by atoms with Gasteiger partial charge in [-0.15, -0.1) is 0 Å². The summed E-state index contributed by atoms with van der Waals surface area (Å²) in [5.74, 6) is -1.63. The van der Waals surface area contributed by atoms with Crippen LogP contribution in [0.4, 0.5) is 0 Å². The lowest BCUT2D eigenvalue weighted by molar-refractivity contribution is -0.335. The molecule has 6 aliphatic rings. The number of ether oxygens (including phenoxy) is 5. The first kappa shape index (κ1) is 28.6. The maximum absolute atomic E-state index is 14.0. The van der Waals surface area contributed by atoms with Gasteiger partial charge in [0.05, 0.1) is 18.8 Å². The van der Waals surface area contributed by atoms with Crippen LogP contribution in [0.3, 0.4) is 0 Å². The van der Waals surface area contributed by atoms with Gasteiger partial charge in [0, 0.05) is 19.3 Å². The van der Waals surface area contributed by atoms with Crippen LogP contribution in [0.25, 0.3) is 0 Å². The van der Waals surface area contributed by atoms with Gasteiger partial charge in [-0.05, 0) is 56.9 Å². The van der Waals surface area contributed by atoms with Crippen molar-refractivity contribution in [3.8, 4) is 0 Å². The summed E-state index contributed by atoms with van der Waals surface area (Å²) < 4.78 is 31.7. The van der Waals surface area contributed by atoms with Crippen molar-refractivity contribution in [1.29, 1.82) is 0 Å². The largest absolute Gasteiger partial charge is 0.462 e. The Balaban J connectivity index is 1.36. The van der Waals surface area contributed by atoms with E-state index in [9.17, 15) is 15.0 Å². The summed E-state index contributed by atoms with van der Waals surface area (Å²) in [6.45, 7) is 10.5. The van der Waals surface area contributed by atoms with Crippen LogP contribution >= 0.6 is 0 Å². The van der Waals surface area contributed by atoms with E-state index in [2.05, 4.69) is 39.8 Å². The Hall–Kier alpha value is -1.55. The molecule has 8 nitrogen and oxygen atoms in total. The van der Waals surface area contributed by atoms with E-state index < -0.39 is 53.3 Å². The lowest BCUT2D eigenvalue weighted by Crippen LogP contribution is -2.63. The maximum Gasteiger partial charge on any atom is 0.316 e. The van der Waals surface area contributed by atoms with Gasteiger partial charge in [0.15, 0.2) is 11.4 Å². The van der Waals surface area contributed by atoms with Crippen LogP contribution in [-0.4, -0.2) is 76.4 Å². The third-order valence-corrected chi connectivity index (χ3v) is 10.3. The van der Waals surface area contributed by atoms with Crippen molar-refractivity contribution in [2.45, 2.75) is 133 Å². The standard InChI is InChI=1S/C32H46O8/c1-6-25-20(4)11-12-30(39-25)16-23-15-22(38-30)9-7-18(2)13-19(3)8-10-26-31(40-26)17-36-28-27(33)21(5)14-24(29(34)37-23)32(28,31)35/h7-8,10,14,19-20,22-28,33,35H,6,9,11-13,15-17H2,1-5H3/b10-8-,18-7-/t19-,20-,22+,23-,24-,25+,26+,27+,28+,30+,31+,32+/m0/s1. The van der Waals surface area contributed by atoms with Gasteiger partial charge in [-0.25, -0.2) is 0 Å². The van der Waals surface area contributed by atoms with Crippen molar-refractivity contribution < 1.29 is 38.7 Å². The minimum Gasteiger partial charge on any atom is -0.462 e. The second-order valence-corrected chi connectivity index (χ2v) is 13.4. The second kappa shape index (κ2) is 10.3. The fourth-order valence-corrected chi connectivity index (χ4v) is 7.95. The van der Waals surface area contributed by atoms with Crippen LogP contribution in [0.15, 0.2) is 35.5 Å². The van der Waals surface area contributed by atoms with Crippen molar-refractivity contribution in [2.24, 2.45) is 17.8 Å². The molecule has 2 bridgehead atoms. The normalized spacial score (nSPS) is 53.0. The fourth-order valence-electron chi connectivity index (χ4n) is 7.95. The summed E-state index contributed by atoms with van der Waals surface area (Å²) in [5.41, 5.74) is -0.994. The number of carbonyl (C=O) groups is 1. The number of aliphatic hydroxyl groups excluding tert-OH is 1. The van der Waals surface area contributed by atoms with E-state index in [1.54, 1.807) is 13.0 Å². The third kappa shape index (κ3) is 4.63. The molecule has 4 saturated heterocycles. The van der Waals surface area contributed by atoms with E-state index in [0.29, 0.717) is 24.3 Å². The Labute approximate surface area is 237 Å². The molecule has 1 aliphatic carbocycles. The summed E-state index contributed by atoms with van der Waals surface area (Å²) in [7, 11) is 0. The summed E-state index contributed by atoms with van der Waals surface area (Å²) in [5, 5.41) is 23.2. The minimum absolute atomic E-state index is 0.0953. The molecule has 0 radical (unpaired) electrons. The first-order valence-corrected chi connectivity index (χ1v) is 15.3. The molecule has 12 atom stereocenters. The first-order valence-electron chi connectivity index (χ1n) is 15.3. The zero-order valence-electron chi connectivity index (χ0n) is 24.5. The number of hydrogen-bond donors (Lipinski definition) is 2. The highest BCUT2D eigenvalue weighted by atomic mass is 16.7. The average molecular weight is 559 g/mol. The molecule has 4 fully saturated rings. The number of rotatable bonds is 1. The number of esters is 1. The lowest BCUT2D eigenvalue weighted by Gasteiger charge is -2.50. The molecule has 2 N–H and O–H groups in total. The van der Waals surface area contributed by atoms with E-state index in [1.807, 2.05) is 6.08 Å². The molecule has 0 unspecified atom stereocenters. The van der Waals surface area contributed by atoms with Gasteiger partial charge < -0.3 is 33.9 Å². The van der Waals surface area contributed by atoms with Gasteiger partial charge in [-0.1, -0.05) is 50.6 Å². The van der Waals surface area contributed by atoms with E-state index in [1.165, 1.54) is 5.57 Å². The van der Waals surface area contributed by atoms with Crippen molar-refractivity contribution in [2.75, 3.05) is 6.61 Å². The predicted octanol–water partition coefficient (Wildman–Crippen LogP) is 4.14. The van der Waals surface area contributed by atoms with Gasteiger partial charge >= 0.3 is 5.97 Å². The molecule has 6 rings (SSSR count). The smallest absolute Gasteiger partial charge is 0.316 e. The Morgan fingerprint density at radius 3 is 2.67 bits per heavy atom. The monoisotopic (exact) mass is 558 g/mol. The van der Waals surface area contributed by atoms with Crippen LogP contribution < -0.4 is 0 Å². The molecule has 2 spiro atoms. The SMILES string of the molecule is CC[C@H]1O[C@]2(CC[C@@H]1C)C[C@@H]1C[C@@H](C/C=C(/C)C[C@@H](C)/C=C\[C@H]3O[C@]34CO[C@@H]3[C@H](O)C(C)=C[C@@H](C(=O)O1)[C@@]34O)O2. The van der Waals surface area contributed by atoms with Gasteiger partial charge in [-0.3, -0.25) is 4.79 Å². The number of aliphatic hydroxyl groups is 2. The molecule has 0 aromatic heterocycles. The van der Waals surface area contributed by atoms with Crippen LogP contribution in [0.5, 0.6) is 0 Å². The van der Waals surface area contributed by atoms with Crippen molar-refractivity contribution >= 4 is 5.97 Å². The zero-order valence-corrected chi connectivity index (χ0v) is 24.5. The zero-order chi connectivity index (χ0) is 28.4. The van der Waals surface area contributed by atoms with Crippen LogP contribution in [0, 0.1) is 17.8 Å². The molecular weight excluding hydrogens is 512 g/mol. The first-order chi connectivity index (χ1) is 19.0. The van der Waals surface area contributed by atoms with Crippen molar-refractivity contribution in [3.63, 3.8) is 0 Å². The van der Waals surface area contributed by atoms with Gasteiger partial charge in [0.1, 0.15) is 35.9 Å². The maximum atomic E-state index is 14.0. The van der Waals surface area contributed by atoms with E-state index >= 15 is 0 Å². The number of hydrogen-bond acceptors (Lipinski definition) is 8. The predicted molar refractivity (Wildman–Crippen MR) is 147 cm³/mol. The van der Waals surface area contributed by atoms with Crippen molar-refractivity contribution in [1.82, 2.24) is 0 Å². The quantitative estimate of drug-likeness (QED) is 0.281. The fraction of sp³-hybridized carbons (Fsp3) is 0.781. The topological polar surface area (TPSA) is 107 Å². The Morgan fingerprint density at radius 2 is 1.90 bits per heavy atom. The number of allylic oxidation sites excluding steroid dienone is 2. The highest BCUT2D eigenvalue weighted by Gasteiger charge is 2.79. The summed E-state index contributed by atoms with van der Waals surface area (Å²) in [6.07, 6.45) is 10.4. The summed E-state index contributed by atoms with van der Waals surface area (Å²) in [4.78, 5) is 14.0. The minimum atomic E-state index is -1.75. The van der Waals surface area contributed by atoms with E-state index in [4.69, 9.17) is 23.7 Å². The molecule has 40 heavy (non-hydrogen) atoms. The molecule has 5 heterocycles. The van der Waals surface area contributed by atoms with Crippen molar-refractivity contribution in [3.05, 3.63) is 35.5 Å². The van der Waals surface area contributed by atoms with Gasteiger partial charge in [0.25, 0.3) is 0 Å². The summed E-state index contributed by atoms with van der Waals surface area (Å²) >= 11 is 0. The molecule has 222 valence electrons. The molecule has 0 amide bonds. The van der Waals surface area contributed by atoms with E-state index in [0.717, 1.165) is 32.1 Å². The number of carbonyl (C=O) groups excluding carboxylic acids is 1. The molecule has 8 heteroatoms. The highest BCUT2D eigenvalue weighted by molar-refractivity contribution is 5.78. The Morgan fingerprint density at radius 1 is 1.10 bits per heavy atom. The average Bonchev–Trinajstić information content (AvgIpc) is 3.55. The lowest BCUT2D eigenvalue weighted by atomic mass is 9.67. The van der Waals surface area contributed by atoms with Crippen LogP contribution in [-0.2, 0) is 28.5 Å². The highest BCUT2D eigenvalue weighted by Crippen LogP contribution is 2.59. The van der Waals surface area contributed by atoms with Gasteiger partial charge in [0.2, 0.25) is 0 Å². The second-order valence-electron chi connectivity index (χ2n) is 13.4. The molecule has 0 aromatic rings. The van der Waals surface area contributed by atoms with Crippen LogP contribution in [0.2, 0.25) is 0 Å². The number of epoxide rings is 1. The molecular formula is C32H46O8. The molecule has 0 aromatic carbocycles. The molecule has 0 saturated carbocycles. The molecule has 5 aliphatic heterocycles. The van der Waals surface area contributed by atoms with Crippen LogP contribution in [0.1, 0.15) is 79.6 Å². The van der Waals surface area contributed by atoms with E-state index in [-0.39, 0.29) is 24.7 Å². The Bertz CT molecular complexity index is 1100.